The highest BCUT2D eigenvalue weighted by Crippen LogP contribution is 2.30. The Morgan fingerprint density at radius 1 is 1.50 bits per heavy atom. The van der Waals surface area contributed by atoms with Crippen LogP contribution in [0.15, 0.2) is 9.42 Å². The Hall–Kier alpha value is -0.920. The van der Waals surface area contributed by atoms with E-state index in [2.05, 4.69) is 5.16 Å². The topological polar surface area (TPSA) is 80.5 Å². The van der Waals surface area contributed by atoms with Gasteiger partial charge in [0, 0.05) is 6.54 Å². The second-order valence-corrected chi connectivity index (χ2v) is 6.43. The number of halogens is 1. The summed E-state index contributed by atoms with van der Waals surface area (Å²) < 4.78 is 30.9. The summed E-state index contributed by atoms with van der Waals surface area (Å²) in [7, 11) is -3.78. The summed E-state index contributed by atoms with van der Waals surface area (Å²) in [5, 5.41) is 2.97. The number of aromatic nitrogens is 1. The van der Waals surface area contributed by atoms with Crippen LogP contribution in [0.4, 0.5) is 0 Å². The summed E-state index contributed by atoms with van der Waals surface area (Å²) in [6.07, 6.45) is 1.07. The van der Waals surface area contributed by atoms with Crippen molar-refractivity contribution in [2.75, 3.05) is 6.54 Å². The van der Waals surface area contributed by atoms with Gasteiger partial charge in [0.2, 0.25) is 15.3 Å². The van der Waals surface area contributed by atoms with E-state index in [1.807, 2.05) is 0 Å². The average Bonchev–Trinajstić information content (AvgIpc) is 2.85. The Kier molecular flexibility index (Phi) is 3.48. The van der Waals surface area contributed by atoms with Crippen molar-refractivity contribution in [3.63, 3.8) is 0 Å². The molecule has 0 radical (unpaired) electrons. The van der Waals surface area contributed by atoms with Crippen molar-refractivity contribution in [1.29, 1.82) is 0 Å². The molecule has 0 saturated carbocycles. The van der Waals surface area contributed by atoms with Crippen LogP contribution in [0.5, 0.6) is 0 Å². The third-order valence-corrected chi connectivity index (χ3v) is 5.41. The van der Waals surface area contributed by atoms with Crippen molar-refractivity contribution < 1.29 is 17.7 Å². The fraction of sp³-hybridized carbons (Fsp3) is 0.600. The van der Waals surface area contributed by atoms with Crippen molar-refractivity contribution in [3.8, 4) is 0 Å². The standard InChI is InChI=1S/C10H13ClN2O4S/c1-6-9(7(2)17-12-6)18(15,16)13-5-3-4-8(13)10(11)14/h8H,3-5H2,1-2H3. The van der Waals surface area contributed by atoms with Gasteiger partial charge in [-0.3, -0.25) is 4.79 Å². The molecule has 0 bridgehead atoms. The lowest BCUT2D eigenvalue weighted by molar-refractivity contribution is -0.114. The molecule has 2 rings (SSSR count). The maximum absolute atomic E-state index is 12.5. The molecular formula is C10H13ClN2O4S. The second kappa shape index (κ2) is 4.64. The molecule has 1 fully saturated rings. The lowest BCUT2D eigenvalue weighted by Crippen LogP contribution is -2.39. The molecule has 6 nitrogen and oxygen atoms in total. The highest BCUT2D eigenvalue weighted by atomic mass is 35.5. The van der Waals surface area contributed by atoms with Crippen molar-refractivity contribution in [3.05, 3.63) is 11.5 Å². The van der Waals surface area contributed by atoms with E-state index < -0.39 is 21.3 Å². The molecule has 18 heavy (non-hydrogen) atoms. The van der Waals surface area contributed by atoms with Gasteiger partial charge >= 0.3 is 0 Å². The Balaban J connectivity index is 2.46. The van der Waals surface area contributed by atoms with Gasteiger partial charge < -0.3 is 4.52 Å². The molecule has 8 heteroatoms. The SMILES string of the molecule is Cc1noc(C)c1S(=O)(=O)N1CCCC1C(=O)Cl. The first-order valence-electron chi connectivity index (χ1n) is 5.49. The van der Waals surface area contributed by atoms with Gasteiger partial charge in [0.15, 0.2) is 5.76 Å². The molecule has 1 saturated heterocycles. The van der Waals surface area contributed by atoms with Gasteiger partial charge in [-0.15, -0.1) is 0 Å². The number of nitrogens with zero attached hydrogens (tertiary/aromatic N) is 2. The molecule has 100 valence electrons. The predicted octanol–water partition coefficient (Wildman–Crippen LogP) is 1.21. The van der Waals surface area contributed by atoms with Crippen LogP contribution in [0, 0.1) is 13.8 Å². The zero-order valence-electron chi connectivity index (χ0n) is 10.0. The van der Waals surface area contributed by atoms with Gasteiger partial charge in [-0.05, 0) is 38.3 Å². The van der Waals surface area contributed by atoms with Crippen LogP contribution in [-0.2, 0) is 14.8 Å². The zero-order chi connectivity index (χ0) is 13.5. The minimum absolute atomic E-state index is 0.0346. The molecule has 0 amide bonds. The van der Waals surface area contributed by atoms with E-state index in [0.717, 1.165) is 4.31 Å². The number of hydrogen-bond donors (Lipinski definition) is 0. The van der Waals surface area contributed by atoms with Crippen LogP contribution in [0.2, 0.25) is 0 Å². The highest BCUT2D eigenvalue weighted by molar-refractivity contribution is 7.89. The van der Waals surface area contributed by atoms with E-state index in [1.54, 1.807) is 6.92 Å². The monoisotopic (exact) mass is 292 g/mol. The molecule has 1 aromatic rings. The number of aryl methyl sites for hydroxylation is 2. The first-order valence-corrected chi connectivity index (χ1v) is 7.31. The van der Waals surface area contributed by atoms with Crippen LogP contribution in [0.1, 0.15) is 24.3 Å². The Morgan fingerprint density at radius 3 is 2.67 bits per heavy atom. The first-order chi connectivity index (χ1) is 8.35. The van der Waals surface area contributed by atoms with E-state index in [1.165, 1.54) is 6.92 Å². The van der Waals surface area contributed by atoms with Crippen LogP contribution in [-0.4, -0.2) is 35.7 Å². The molecule has 0 aromatic carbocycles. The lowest BCUT2D eigenvalue weighted by Gasteiger charge is -2.20. The number of carbonyl (C=O) groups excluding carboxylic acids is 1. The quantitative estimate of drug-likeness (QED) is 0.782. The summed E-state index contributed by atoms with van der Waals surface area (Å²) in [6, 6.07) is -0.787. The number of sulfonamides is 1. The van der Waals surface area contributed by atoms with Gasteiger partial charge in [0.25, 0.3) is 0 Å². The van der Waals surface area contributed by atoms with Gasteiger partial charge in [0.1, 0.15) is 10.6 Å². The van der Waals surface area contributed by atoms with E-state index in [-0.39, 0.29) is 17.2 Å². The van der Waals surface area contributed by atoms with E-state index in [9.17, 15) is 13.2 Å². The number of carbonyl (C=O) groups is 1. The number of hydrogen-bond acceptors (Lipinski definition) is 5. The third-order valence-electron chi connectivity index (χ3n) is 3.00. The van der Waals surface area contributed by atoms with E-state index in [0.29, 0.717) is 18.5 Å². The van der Waals surface area contributed by atoms with Gasteiger partial charge in [-0.25, -0.2) is 8.42 Å². The molecule has 0 spiro atoms. The maximum atomic E-state index is 12.5. The third kappa shape index (κ3) is 2.06. The molecule has 1 aliphatic heterocycles. The molecule has 1 atom stereocenters. The second-order valence-electron chi connectivity index (χ2n) is 4.23. The van der Waals surface area contributed by atoms with Gasteiger partial charge in [0.05, 0.1) is 6.04 Å². The van der Waals surface area contributed by atoms with Crippen LogP contribution < -0.4 is 0 Å². The van der Waals surface area contributed by atoms with Crippen LogP contribution in [0.25, 0.3) is 0 Å². The molecule has 0 N–H and O–H groups in total. The molecular weight excluding hydrogens is 280 g/mol. The van der Waals surface area contributed by atoms with Gasteiger partial charge in [-0.2, -0.15) is 4.31 Å². The minimum atomic E-state index is -3.78. The Bertz CT molecular complexity index is 561. The van der Waals surface area contributed by atoms with E-state index in [4.69, 9.17) is 16.1 Å². The van der Waals surface area contributed by atoms with Crippen molar-refractivity contribution in [2.24, 2.45) is 0 Å². The van der Waals surface area contributed by atoms with Crippen molar-refractivity contribution >= 4 is 26.9 Å². The average molecular weight is 293 g/mol. The summed E-state index contributed by atoms with van der Waals surface area (Å²) in [5.41, 5.74) is 0.292. The molecule has 1 aliphatic rings. The lowest BCUT2D eigenvalue weighted by atomic mass is 10.2. The predicted molar refractivity (Wildman–Crippen MR) is 63.8 cm³/mol. The molecule has 2 heterocycles. The summed E-state index contributed by atoms with van der Waals surface area (Å²) in [4.78, 5) is 11.3. The Labute approximate surface area is 110 Å². The normalized spacial score (nSPS) is 21.4. The van der Waals surface area contributed by atoms with Crippen molar-refractivity contribution in [1.82, 2.24) is 9.46 Å². The smallest absolute Gasteiger partial charge is 0.249 e. The largest absolute Gasteiger partial charge is 0.360 e. The number of rotatable bonds is 3. The molecule has 0 aliphatic carbocycles. The minimum Gasteiger partial charge on any atom is -0.360 e. The Morgan fingerprint density at radius 2 is 2.17 bits per heavy atom. The van der Waals surface area contributed by atoms with Crippen molar-refractivity contribution in [2.45, 2.75) is 37.6 Å². The van der Waals surface area contributed by atoms with Crippen LogP contribution >= 0.6 is 11.6 Å². The fourth-order valence-corrected chi connectivity index (χ4v) is 4.45. The van der Waals surface area contributed by atoms with Gasteiger partial charge in [-0.1, -0.05) is 5.16 Å². The highest BCUT2D eigenvalue weighted by Gasteiger charge is 2.41. The first kappa shape index (κ1) is 13.5. The summed E-state index contributed by atoms with van der Waals surface area (Å²) in [5.74, 6) is 0.222. The zero-order valence-corrected chi connectivity index (χ0v) is 11.6. The fourth-order valence-electron chi connectivity index (χ4n) is 2.21. The maximum Gasteiger partial charge on any atom is 0.249 e. The van der Waals surface area contributed by atoms with Crippen LogP contribution in [0.3, 0.4) is 0 Å². The molecule has 1 aromatic heterocycles. The molecule has 1 unspecified atom stereocenters. The summed E-state index contributed by atoms with van der Waals surface area (Å²) in [6.45, 7) is 3.37. The van der Waals surface area contributed by atoms with E-state index >= 15 is 0 Å². The summed E-state index contributed by atoms with van der Waals surface area (Å²) >= 11 is 5.44.